The highest BCUT2D eigenvalue weighted by atomic mass is 35.5. The highest BCUT2D eigenvalue weighted by Gasteiger charge is 2.41. The highest BCUT2D eigenvalue weighted by molar-refractivity contribution is 6.30. The second kappa shape index (κ2) is 37.2. The number of aromatic nitrogens is 1. The normalized spacial score (nSPS) is 21.9. The van der Waals surface area contributed by atoms with Crippen LogP contribution in [-0.4, -0.2) is 192 Å². The van der Waals surface area contributed by atoms with Gasteiger partial charge in [-0.15, -0.1) is 0 Å². The van der Waals surface area contributed by atoms with E-state index in [-0.39, 0.29) is 102 Å². The van der Waals surface area contributed by atoms with Gasteiger partial charge in [0.1, 0.15) is 60.4 Å². The second-order valence-corrected chi connectivity index (χ2v) is 25.6. The average molecular weight is 1400 g/mol. The van der Waals surface area contributed by atoms with Gasteiger partial charge >= 0.3 is 0 Å². The summed E-state index contributed by atoms with van der Waals surface area (Å²) >= 11 is 6.25. The fourth-order valence-corrected chi connectivity index (χ4v) is 11.8. The number of nitrogens with two attached hydrogens (primary N) is 3. The van der Waals surface area contributed by atoms with Gasteiger partial charge < -0.3 is 85.9 Å². The van der Waals surface area contributed by atoms with Crippen molar-refractivity contribution in [3.63, 3.8) is 0 Å². The summed E-state index contributed by atoms with van der Waals surface area (Å²) in [5, 5.41) is 33.2. The average Bonchev–Trinajstić information content (AvgIpc) is 1.68. The molecule has 3 aromatic carbocycles. The molecule has 3 aliphatic heterocycles. The molecule has 7 rings (SSSR count). The number of carbonyl (C=O) groups is 14. The smallest absolute Gasteiger partial charge is 0.245 e. The van der Waals surface area contributed by atoms with Crippen molar-refractivity contribution in [3.8, 4) is 0 Å². The Morgan fingerprint density at radius 3 is 1.94 bits per heavy atom. The largest absolute Gasteiger partial charge is 0.370 e. The van der Waals surface area contributed by atoms with E-state index in [0.29, 0.717) is 21.7 Å². The van der Waals surface area contributed by atoms with E-state index >= 15 is 14.4 Å². The minimum absolute atomic E-state index is 0.0160. The van der Waals surface area contributed by atoms with Crippen molar-refractivity contribution in [2.75, 3.05) is 32.7 Å². The summed E-state index contributed by atoms with van der Waals surface area (Å²) in [5.74, 6) is -13.9. The first-order valence-electron chi connectivity index (χ1n) is 33.0. The summed E-state index contributed by atoms with van der Waals surface area (Å²) in [4.78, 5) is 210. The molecule has 0 aliphatic carbocycles. The van der Waals surface area contributed by atoms with E-state index in [0.717, 1.165) is 10.8 Å². The molecule has 536 valence electrons. The van der Waals surface area contributed by atoms with E-state index in [2.05, 4.69) is 73.8 Å². The van der Waals surface area contributed by atoms with Crippen molar-refractivity contribution in [1.82, 2.24) is 73.7 Å². The van der Waals surface area contributed by atoms with Crippen LogP contribution in [0.15, 0.2) is 96.2 Å². The van der Waals surface area contributed by atoms with E-state index in [1.54, 1.807) is 50.2 Å². The number of fused-ring (bicyclic) bond motifs is 11. The van der Waals surface area contributed by atoms with Crippen molar-refractivity contribution in [3.05, 3.63) is 113 Å². The Kier molecular flexibility index (Phi) is 28.5. The van der Waals surface area contributed by atoms with E-state index < -0.39 is 163 Å². The lowest BCUT2D eigenvalue weighted by molar-refractivity contribution is -0.142. The monoisotopic (exact) mass is 1400 g/mol. The number of carbonyl (C=O) groups excluding carboxylic acids is 14. The predicted octanol–water partition coefficient (Wildman–Crippen LogP) is -3.19. The van der Waals surface area contributed by atoms with E-state index in [1.807, 2.05) is 36.4 Å². The van der Waals surface area contributed by atoms with Crippen LogP contribution >= 0.6 is 11.6 Å². The maximum absolute atomic E-state index is 15.2. The minimum Gasteiger partial charge on any atom is -0.370 e. The first-order chi connectivity index (χ1) is 47.7. The Morgan fingerprint density at radius 1 is 0.630 bits per heavy atom. The molecule has 33 heteroatoms. The van der Waals surface area contributed by atoms with Gasteiger partial charge in [-0.05, 0) is 90.1 Å². The van der Waals surface area contributed by atoms with Crippen molar-refractivity contribution in [2.45, 2.75) is 158 Å². The summed E-state index contributed by atoms with van der Waals surface area (Å²) in [7, 11) is 0. The van der Waals surface area contributed by atoms with Gasteiger partial charge in [-0.1, -0.05) is 86.1 Å². The van der Waals surface area contributed by atoms with Crippen LogP contribution in [0.1, 0.15) is 95.2 Å². The molecule has 4 aromatic rings. The molecule has 0 radical (unpaired) electrons. The number of halogens is 1. The minimum atomic E-state index is -2.09. The lowest BCUT2D eigenvalue weighted by Crippen LogP contribution is -2.61. The number of rotatable bonds is 20. The lowest BCUT2D eigenvalue weighted by Gasteiger charge is -2.31. The Hall–Kier alpha value is -10.8. The zero-order valence-electron chi connectivity index (χ0n) is 55.7. The van der Waals surface area contributed by atoms with Crippen molar-refractivity contribution < 1.29 is 67.1 Å². The van der Waals surface area contributed by atoms with Crippen molar-refractivity contribution in [2.24, 2.45) is 28.1 Å². The zero-order valence-corrected chi connectivity index (χ0v) is 56.5. The fraction of sp³-hybridized carbons (Fsp3) is 0.463. The number of nitrogens with zero attached hydrogens (tertiary/aromatic N) is 3. The lowest BCUT2D eigenvalue weighted by atomic mass is 9.99. The van der Waals surface area contributed by atoms with E-state index in [4.69, 9.17) is 28.8 Å². The van der Waals surface area contributed by atoms with Gasteiger partial charge in [-0.3, -0.25) is 77.1 Å². The number of hydrogen-bond donors (Lipinski definition) is 15. The van der Waals surface area contributed by atoms with Crippen LogP contribution in [0, 0.1) is 5.92 Å². The Morgan fingerprint density at radius 2 is 1.26 bits per heavy atom. The molecule has 3 fully saturated rings. The molecule has 0 saturated carbocycles. The number of hydrogen-bond acceptors (Lipinski definition) is 16. The molecule has 1 unspecified atom stereocenters. The number of guanidine groups is 1. The third kappa shape index (κ3) is 23.7. The van der Waals surface area contributed by atoms with Gasteiger partial charge in [0.25, 0.3) is 0 Å². The standard InChI is InChI=1S/C67H87ClN18O14/c1-36(2)27-46-59(93)79-45-20-24-73-54(88)21-25-74-55(89)32-50(63(97)78-44(58(92)80-46)12-7-23-75-67(70)71)84-64(98)51(33-56(90)76-35-52(57(69)91)85-65(99)53-13-8-26-86(53)66(45)100)83-62(96)49(31-40-9-6-22-72-34-40)82-61(95)48(29-38-15-18-43(68)19-16-38)81-60(94)47(77-37(3)87)30-39-14-17-41-10-4-5-11-42(41)28-39/h4-6,9-11,14-19,22,28,34,36,44-53H,7-8,12-13,20-21,23-27,29-33,35H2,1-3H3,(H2,69,91)(H,73,88)(H,74,89)(H,76,90)(H,77,87)(H,78,97)(H,79,93)(H,80,92)(H,81,94)(H,82,95)(H,83,96)(H,84,98)(H,85,99)(H4,70,71,75)/t44-,45+,46+,47-,48-,49-,50+,51+,52?,53+/m1/s1. The van der Waals surface area contributed by atoms with E-state index in [1.165, 1.54) is 30.3 Å². The molecule has 3 aliphatic rings. The van der Waals surface area contributed by atoms with Crippen LogP contribution in [0.3, 0.4) is 0 Å². The fourth-order valence-electron chi connectivity index (χ4n) is 11.6. The number of primary amides is 1. The van der Waals surface area contributed by atoms with Crippen molar-refractivity contribution in [1.29, 1.82) is 0 Å². The molecule has 18 N–H and O–H groups in total. The molecule has 0 spiro atoms. The Bertz CT molecular complexity index is 3690. The first-order valence-corrected chi connectivity index (χ1v) is 33.3. The molecule has 4 heterocycles. The quantitative estimate of drug-likeness (QED) is 0.0179. The predicted molar refractivity (Wildman–Crippen MR) is 365 cm³/mol. The van der Waals surface area contributed by atoms with Crippen LogP contribution in [-0.2, 0) is 86.4 Å². The van der Waals surface area contributed by atoms with Crippen LogP contribution < -0.4 is 81.0 Å². The van der Waals surface area contributed by atoms with Gasteiger partial charge in [-0.25, -0.2) is 0 Å². The zero-order chi connectivity index (χ0) is 72.6. The number of benzene rings is 3. The third-order valence-electron chi connectivity index (χ3n) is 16.7. The Labute approximate surface area is 581 Å². The summed E-state index contributed by atoms with van der Waals surface area (Å²) < 4.78 is 0. The number of nitrogens with one attached hydrogen (secondary N) is 12. The highest BCUT2D eigenvalue weighted by Crippen LogP contribution is 2.22. The molecule has 10 atom stereocenters. The SMILES string of the molecule is CC(=O)N[C@H](Cc1ccc2ccccc2c1)C(=O)N[C@H](Cc1ccc(Cl)cc1)C(=O)N[C@H](Cc1cccnc1)C(=O)N[C@H]1CC(=O)NCC(C(N)=O)NC(=O)[C@@H]2CCCN2C(=O)[C@@H]2CCNC(=O)CCNC(=O)C[C@H](NC1=O)C(=O)N[C@H](CCCN=C(N)N)C(=O)N[C@@H](CC(C)C)C(=O)N2. The van der Waals surface area contributed by atoms with Crippen LogP contribution in [0.2, 0.25) is 5.02 Å². The van der Waals surface area contributed by atoms with E-state index in [9.17, 15) is 52.7 Å². The van der Waals surface area contributed by atoms with Crippen LogP contribution in [0.4, 0.5) is 0 Å². The van der Waals surface area contributed by atoms with Gasteiger partial charge in [0.05, 0.1) is 12.8 Å². The molecule has 1 aromatic heterocycles. The summed E-state index contributed by atoms with van der Waals surface area (Å²) in [5.41, 5.74) is 18.5. The van der Waals surface area contributed by atoms with Gasteiger partial charge in [0.2, 0.25) is 82.7 Å². The van der Waals surface area contributed by atoms with Gasteiger partial charge in [0, 0.05) is 82.7 Å². The molecule has 100 heavy (non-hydrogen) atoms. The molecular formula is C67H87ClN18O14. The Balaban J connectivity index is 1.28. The van der Waals surface area contributed by atoms with Crippen molar-refractivity contribution >= 4 is 111 Å². The molecule has 2 bridgehead atoms. The number of aliphatic imine (C=N–C) groups is 1. The number of pyridine rings is 1. The van der Waals surface area contributed by atoms with Gasteiger partial charge in [-0.2, -0.15) is 0 Å². The number of amides is 14. The molecular weight excluding hydrogens is 1320 g/mol. The maximum atomic E-state index is 15.2. The summed E-state index contributed by atoms with van der Waals surface area (Å²) in [6.07, 6.45) is -0.263. The molecule has 32 nitrogen and oxygen atoms in total. The topological polar surface area (TPSA) is 490 Å². The summed E-state index contributed by atoms with van der Waals surface area (Å²) in [6.45, 7) is 3.34. The maximum Gasteiger partial charge on any atom is 0.245 e. The molecule has 3 saturated heterocycles. The third-order valence-corrected chi connectivity index (χ3v) is 17.0. The van der Waals surface area contributed by atoms with Crippen LogP contribution in [0.5, 0.6) is 0 Å². The summed E-state index contributed by atoms with van der Waals surface area (Å²) in [6, 6.07) is 6.54. The second-order valence-electron chi connectivity index (χ2n) is 25.1. The molecule has 14 amide bonds. The van der Waals surface area contributed by atoms with Crippen LogP contribution in [0.25, 0.3) is 10.8 Å². The first kappa shape index (κ1) is 76.6. The van der Waals surface area contributed by atoms with Gasteiger partial charge in [0.15, 0.2) is 5.96 Å².